The lowest BCUT2D eigenvalue weighted by atomic mass is 10.2. The number of phenolic OH excluding ortho intramolecular Hbond substituents is 1. The van der Waals surface area contributed by atoms with E-state index in [1.54, 1.807) is 44.5 Å². The fourth-order valence-corrected chi connectivity index (χ4v) is 2.63. The fourth-order valence-electron chi connectivity index (χ4n) is 2.63. The van der Waals surface area contributed by atoms with Gasteiger partial charge in [-0.3, -0.25) is 4.79 Å². The van der Waals surface area contributed by atoms with E-state index in [1.165, 1.54) is 11.7 Å². The fraction of sp³-hybridized carbons (Fsp3) is 0.143. The normalized spacial score (nSPS) is 12.3. The topological polar surface area (TPSA) is 73.6 Å². The van der Waals surface area contributed by atoms with Gasteiger partial charge in [0.2, 0.25) is 5.88 Å². The molecule has 0 bridgehead atoms. The van der Waals surface area contributed by atoms with Crippen LogP contribution >= 0.6 is 0 Å². The first-order valence-electron chi connectivity index (χ1n) is 8.29. The summed E-state index contributed by atoms with van der Waals surface area (Å²) >= 11 is 0. The lowest BCUT2D eigenvalue weighted by Gasteiger charge is -2.06. The molecule has 1 N–H and O–H groups in total. The van der Waals surface area contributed by atoms with Gasteiger partial charge in [-0.05, 0) is 47.5 Å². The predicted octanol–water partition coefficient (Wildman–Crippen LogP) is 1.16. The number of hydrogen-bond donors (Lipinski definition) is 1. The molecule has 0 fully saturated rings. The van der Waals surface area contributed by atoms with Crippen LogP contribution in [0.3, 0.4) is 0 Å². The van der Waals surface area contributed by atoms with Crippen molar-refractivity contribution < 1.29 is 14.6 Å². The van der Waals surface area contributed by atoms with Gasteiger partial charge in [-0.2, -0.15) is 0 Å². The summed E-state index contributed by atoms with van der Waals surface area (Å²) in [5.41, 5.74) is 1.40. The molecule has 0 spiro atoms. The molecule has 0 aliphatic carbocycles. The van der Waals surface area contributed by atoms with Crippen molar-refractivity contribution >= 4 is 12.2 Å². The number of rotatable bonds is 4. The van der Waals surface area contributed by atoms with E-state index in [1.807, 2.05) is 30.3 Å². The second-order valence-electron chi connectivity index (χ2n) is 5.91. The van der Waals surface area contributed by atoms with Crippen LogP contribution < -0.4 is 25.7 Å². The number of ether oxygens (including phenoxy) is 2. The van der Waals surface area contributed by atoms with Crippen LogP contribution in [0.1, 0.15) is 11.1 Å². The summed E-state index contributed by atoms with van der Waals surface area (Å²) in [5, 5.41) is 10.2. The molecule has 3 aromatic rings. The zero-order valence-corrected chi connectivity index (χ0v) is 15.3. The third-order valence-electron chi connectivity index (χ3n) is 4.14. The molecule has 6 heteroatoms. The Morgan fingerprint density at radius 2 is 1.52 bits per heavy atom. The molecule has 0 unspecified atom stereocenters. The molecule has 0 saturated heterocycles. The molecule has 6 nitrogen and oxygen atoms in total. The van der Waals surface area contributed by atoms with Crippen molar-refractivity contribution in [2.45, 2.75) is 0 Å². The Morgan fingerprint density at radius 3 is 2.11 bits per heavy atom. The van der Waals surface area contributed by atoms with E-state index in [-0.39, 0.29) is 16.7 Å². The van der Waals surface area contributed by atoms with Gasteiger partial charge in [0, 0.05) is 7.05 Å². The number of aromatic nitrogens is 2. The Bertz CT molecular complexity index is 1120. The number of methoxy groups -OCH3 is 2. The summed E-state index contributed by atoms with van der Waals surface area (Å²) in [7, 11) is 4.80. The minimum atomic E-state index is -0.247. The second-order valence-corrected chi connectivity index (χ2v) is 5.91. The Labute approximate surface area is 156 Å². The van der Waals surface area contributed by atoms with E-state index in [4.69, 9.17) is 9.47 Å². The van der Waals surface area contributed by atoms with Crippen LogP contribution in [-0.2, 0) is 7.05 Å². The molecule has 1 heterocycles. The largest absolute Gasteiger partial charge is 0.508 e. The van der Waals surface area contributed by atoms with E-state index in [0.717, 1.165) is 16.9 Å². The van der Waals surface area contributed by atoms with Crippen molar-refractivity contribution in [3.8, 4) is 17.4 Å². The van der Waals surface area contributed by atoms with Crippen LogP contribution in [0.5, 0.6) is 17.4 Å². The van der Waals surface area contributed by atoms with Crippen molar-refractivity contribution in [2.24, 2.45) is 7.05 Å². The molecule has 0 aliphatic heterocycles. The molecule has 0 saturated carbocycles. The van der Waals surface area contributed by atoms with Crippen molar-refractivity contribution in [3.05, 3.63) is 80.7 Å². The van der Waals surface area contributed by atoms with Gasteiger partial charge in [-0.25, -0.2) is 4.98 Å². The minimum Gasteiger partial charge on any atom is -0.508 e. The first kappa shape index (κ1) is 18.3. The summed E-state index contributed by atoms with van der Waals surface area (Å²) < 4.78 is 12.1. The molecule has 0 atom stereocenters. The summed E-state index contributed by atoms with van der Waals surface area (Å²) in [4.78, 5) is 17.1. The Balaban J connectivity index is 2.16. The second kappa shape index (κ2) is 7.78. The number of hydrogen-bond acceptors (Lipinski definition) is 5. The predicted molar refractivity (Wildman–Crippen MR) is 104 cm³/mol. The number of benzene rings is 2. The Kier molecular flexibility index (Phi) is 5.26. The number of aromatic hydroxyl groups is 1. The standard InChI is InChI=1S/C21H20N2O4/c1-23-19(13-15-6-10-17(26-2)11-7-15)20(27-3)22-18(21(23)25)12-14-4-8-16(24)9-5-14/h4-13,24H,1-3H3/b18-12-,19-13-. The average molecular weight is 364 g/mol. The molecule has 27 heavy (non-hydrogen) atoms. The number of nitrogens with zero attached hydrogens (tertiary/aromatic N) is 2. The van der Waals surface area contributed by atoms with Gasteiger partial charge >= 0.3 is 0 Å². The third kappa shape index (κ3) is 4.00. The molecule has 2 aromatic carbocycles. The number of phenols is 1. The summed E-state index contributed by atoms with van der Waals surface area (Å²) in [6, 6.07) is 14.0. The Hall–Kier alpha value is -3.54. The van der Waals surface area contributed by atoms with Crippen molar-refractivity contribution in [1.82, 2.24) is 9.55 Å². The first-order valence-corrected chi connectivity index (χ1v) is 8.29. The molecular weight excluding hydrogens is 344 g/mol. The molecular formula is C21H20N2O4. The van der Waals surface area contributed by atoms with Crippen molar-refractivity contribution in [3.63, 3.8) is 0 Å². The summed E-state index contributed by atoms with van der Waals surface area (Å²) in [6.45, 7) is 0. The zero-order valence-electron chi connectivity index (χ0n) is 15.3. The van der Waals surface area contributed by atoms with Crippen molar-refractivity contribution in [1.29, 1.82) is 0 Å². The molecule has 138 valence electrons. The van der Waals surface area contributed by atoms with Crippen LogP contribution in [-0.4, -0.2) is 28.9 Å². The van der Waals surface area contributed by atoms with E-state index < -0.39 is 0 Å². The first-order chi connectivity index (χ1) is 13.0. The molecule has 1 aromatic heterocycles. The van der Waals surface area contributed by atoms with E-state index in [0.29, 0.717) is 11.2 Å². The third-order valence-corrected chi connectivity index (χ3v) is 4.14. The van der Waals surface area contributed by atoms with Gasteiger partial charge in [0.05, 0.1) is 14.2 Å². The van der Waals surface area contributed by atoms with Crippen LogP contribution in [0, 0.1) is 0 Å². The maximum absolute atomic E-state index is 12.7. The van der Waals surface area contributed by atoms with Gasteiger partial charge in [0.1, 0.15) is 22.2 Å². The van der Waals surface area contributed by atoms with Gasteiger partial charge in [0.15, 0.2) is 0 Å². The minimum absolute atomic E-state index is 0.162. The monoisotopic (exact) mass is 364 g/mol. The highest BCUT2D eigenvalue weighted by Crippen LogP contribution is 2.12. The van der Waals surface area contributed by atoms with Crippen LogP contribution in [0.2, 0.25) is 0 Å². The highest BCUT2D eigenvalue weighted by atomic mass is 16.5. The van der Waals surface area contributed by atoms with Gasteiger partial charge in [-0.15, -0.1) is 0 Å². The van der Waals surface area contributed by atoms with Crippen LogP contribution in [0.15, 0.2) is 53.3 Å². The molecule has 0 radical (unpaired) electrons. The average Bonchev–Trinajstić information content (AvgIpc) is 2.69. The van der Waals surface area contributed by atoms with E-state index in [9.17, 15) is 9.90 Å². The SMILES string of the molecule is COc1ccc(/C=c2/c(OC)n/c(=C\c3ccc(O)cc3)c(=O)n2C)cc1. The van der Waals surface area contributed by atoms with Gasteiger partial charge < -0.3 is 19.1 Å². The summed E-state index contributed by atoms with van der Waals surface area (Å²) in [5.74, 6) is 1.26. The quantitative estimate of drug-likeness (QED) is 0.752. The zero-order chi connectivity index (χ0) is 19.4. The highest BCUT2D eigenvalue weighted by molar-refractivity contribution is 5.52. The molecule has 0 aliphatic rings. The van der Waals surface area contributed by atoms with Gasteiger partial charge in [0.25, 0.3) is 5.56 Å². The smallest absolute Gasteiger partial charge is 0.276 e. The van der Waals surface area contributed by atoms with E-state index in [2.05, 4.69) is 4.98 Å². The van der Waals surface area contributed by atoms with Crippen molar-refractivity contribution in [2.75, 3.05) is 14.2 Å². The Morgan fingerprint density at radius 1 is 0.926 bits per heavy atom. The highest BCUT2D eigenvalue weighted by Gasteiger charge is 2.06. The van der Waals surface area contributed by atoms with E-state index >= 15 is 0 Å². The molecule has 0 amide bonds. The maximum Gasteiger partial charge on any atom is 0.276 e. The maximum atomic E-state index is 12.7. The lowest BCUT2D eigenvalue weighted by Crippen LogP contribution is -2.44. The van der Waals surface area contributed by atoms with Gasteiger partial charge in [-0.1, -0.05) is 24.3 Å². The van der Waals surface area contributed by atoms with Crippen LogP contribution in [0.25, 0.3) is 12.2 Å². The lowest BCUT2D eigenvalue weighted by molar-refractivity contribution is 0.385. The van der Waals surface area contributed by atoms with Crippen LogP contribution in [0.4, 0.5) is 0 Å². The summed E-state index contributed by atoms with van der Waals surface area (Å²) in [6.07, 6.45) is 3.48. The molecule has 3 rings (SSSR count).